The molecule has 0 bridgehead atoms. The van der Waals surface area contributed by atoms with E-state index in [9.17, 15) is 18.0 Å². The fourth-order valence-corrected chi connectivity index (χ4v) is 1.35. The van der Waals surface area contributed by atoms with Gasteiger partial charge in [-0.3, -0.25) is 4.79 Å². The van der Waals surface area contributed by atoms with E-state index in [0.717, 1.165) is 12.8 Å². The lowest BCUT2D eigenvalue weighted by atomic mass is 9.99. The zero-order chi connectivity index (χ0) is 11.9. The van der Waals surface area contributed by atoms with Crippen molar-refractivity contribution in [3.05, 3.63) is 0 Å². The van der Waals surface area contributed by atoms with Crippen LogP contribution in [0.15, 0.2) is 0 Å². The summed E-state index contributed by atoms with van der Waals surface area (Å²) in [4.78, 5) is 11.2. The number of halogens is 3. The van der Waals surface area contributed by atoms with Gasteiger partial charge in [0.25, 0.3) is 0 Å². The molecule has 0 aromatic heterocycles. The first-order valence-corrected chi connectivity index (χ1v) is 5.14. The zero-order valence-corrected chi connectivity index (χ0v) is 9.06. The maximum atomic E-state index is 11.8. The Balaban J connectivity index is 4.02. The molecule has 5 heteroatoms. The number of alkyl halides is 3. The molecule has 0 atom stereocenters. The third-order valence-electron chi connectivity index (χ3n) is 1.99. The fourth-order valence-electron chi connectivity index (χ4n) is 1.35. The second kappa shape index (κ2) is 6.69. The number of rotatable bonds is 6. The SMILES string of the molecule is CCCC(CCC)C(=O)OCC(F)(F)F. The van der Waals surface area contributed by atoms with Gasteiger partial charge in [-0.15, -0.1) is 0 Å². The predicted molar refractivity (Wildman–Crippen MR) is 50.3 cm³/mol. The fraction of sp³-hybridized carbons (Fsp3) is 0.900. The van der Waals surface area contributed by atoms with E-state index in [2.05, 4.69) is 4.74 Å². The van der Waals surface area contributed by atoms with Crippen LogP contribution in [-0.4, -0.2) is 18.8 Å². The molecular weight excluding hydrogens is 209 g/mol. The van der Waals surface area contributed by atoms with Crippen LogP contribution >= 0.6 is 0 Å². The summed E-state index contributed by atoms with van der Waals surface area (Å²) in [7, 11) is 0. The van der Waals surface area contributed by atoms with Crippen LogP contribution in [0.25, 0.3) is 0 Å². The van der Waals surface area contributed by atoms with Crippen molar-refractivity contribution in [2.24, 2.45) is 5.92 Å². The van der Waals surface area contributed by atoms with Gasteiger partial charge in [0.05, 0.1) is 5.92 Å². The number of hydrogen-bond acceptors (Lipinski definition) is 2. The zero-order valence-electron chi connectivity index (χ0n) is 9.06. The van der Waals surface area contributed by atoms with Crippen molar-refractivity contribution < 1.29 is 22.7 Å². The lowest BCUT2D eigenvalue weighted by Gasteiger charge is -2.15. The van der Waals surface area contributed by atoms with Crippen LogP contribution in [0.1, 0.15) is 39.5 Å². The van der Waals surface area contributed by atoms with Crippen LogP contribution < -0.4 is 0 Å². The predicted octanol–water partition coefficient (Wildman–Crippen LogP) is 3.31. The van der Waals surface area contributed by atoms with Crippen molar-refractivity contribution in [1.29, 1.82) is 0 Å². The van der Waals surface area contributed by atoms with Gasteiger partial charge in [0.2, 0.25) is 0 Å². The molecule has 0 aliphatic rings. The molecule has 0 spiro atoms. The van der Waals surface area contributed by atoms with E-state index < -0.39 is 18.8 Å². The third kappa shape index (κ3) is 7.22. The Morgan fingerprint density at radius 3 is 2.00 bits per heavy atom. The van der Waals surface area contributed by atoms with Crippen LogP contribution in [0.2, 0.25) is 0 Å². The highest BCUT2D eigenvalue weighted by Crippen LogP contribution is 2.19. The summed E-state index contributed by atoms with van der Waals surface area (Å²) in [5.74, 6) is -1.11. The van der Waals surface area contributed by atoms with E-state index in [1.54, 1.807) is 0 Å². The summed E-state index contributed by atoms with van der Waals surface area (Å²) in [5, 5.41) is 0. The first-order chi connectivity index (χ1) is 6.90. The van der Waals surface area contributed by atoms with Gasteiger partial charge in [-0.05, 0) is 12.8 Å². The summed E-state index contributed by atoms with van der Waals surface area (Å²) in [6.07, 6.45) is -1.72. The molecule has 0 heterocycles. The number of carbonyl (C=O) groups is 1. The van der Waals surface area contributed by atoms with Crippen molar-refractivity contribution in [3.8, 4) is 0 Å². The van der Waals surface area contributed by atoms with Gasteiger partial charge >= 0.3 is 12.1 Å². The minimum Gasteiger partial charge on any atom is -0.456 e. The van der Waals surface area contributed by atoms with Gasteiger partial charge in [-0.1, -0.05) is 26.7 Å². The van der Waals surface area contributed by atoms with Gasteiger partial charge in [0, 0.05) is 0 Å². The molecule has 0 aliphatic carbocycles. The van der Waals surface area contributed by atoms with Gasteiger partial charge < -0.3 is 4.74 Å². The smallest absolute Gasteiger partial charge is 0.422 e. The Kier molecular flexibility index (Phi) is 6.36. The lowest BCUT2D eigenvalue weighted by Crippen LogP contribution is -2.25. The van der Waals surface area contributed by atoms with E-state index in [0.29, 0.717) is 12.8 Å². The summed E-state index contributed by atoms with van der Waals surface area (Å²) < 4.78 is 39.5. The third-order valence-corrected chi connectivity index (χ3v) is 1.99. The molecule has 0 unspecified atom stereocenters. The lowest BCUT2D eigenvalue weighted by molar-refractivity contribution is -0.189. The molecule has 0 aromatic rings. The van der Waals surface area contributed by atoms with Crippen molar-refractivity contribution in [2.45, 2.75) is 45.7 Å². The monoisotopic (exact) mass is 226 g/mol. The molecule has 0 aliphatic heterocycles. The Hall–Kier alpha value is -0.740. The van der Waals surface area contributed by atoms with Gasteiger partial charge in [0.15, 0.2) is 6.61 Å². The minimum absolute atomic E-state index is 0.387. The van der Waals surface area contributed by atoms with Crippen molar-refractivity contribution in [1.82, 2.24) is 0 Å². The molecule has 0 radical (unpaired) electrons. The Morgan fingerprint density at radius 2 is 1.67 bits per heavy atom. The average Bonchev–Trinajstić information content (AvgIpc) is 2.13. The molecule has 0 aromatic carbocycles. The largest absolute Gasteiger partial charge is 0.456 e. The quantitative estimate of drug-likeness (QED) is 0.649. The summed E-state index contributed by atoms with van der Waals surface area (Å²) in [6, 6.07) is 0. The Labute approximate surface area is 87.8 Å². The first kappa shape index (κ1) is 14.3. The van der Waals surface area contributed by atoms with Crippen LogP contribution in [0.5, 0.6) is 0 Å². The van der Waals surface area contributed by atoms with Crippen LogP contribution in [-0.2, 0) is 9.53 Å². The van der Waals surface area contributed by atoms with Gasteiger partial charge in [0.1, 0.15) is 0 Å². The Bertz CT molecular complexity index is 184. The second-order valence-corrected chi connectivity index (χ2v) is 3.50. The summed E-state index contributed by atoms with van der Waals surface area (Å²) in [5.41, 5.74) is 0. The van der Waals surface area contributed by atoms with Gasteiger partial charge in [-0.25, -0.2) is 0 Å². The molecule has 0 amide bonds. The number of ether oxygens (including phenoxy) is 1. The maximum Gasteiger partial charge on any atom is 0.422 e. The van der Waals surface area contributed by atoms with E-state index in [-0.39, 0.29) is 5.92 Å². The molecule has 0 fully saturated rings. The summed E-state index contributed by atoms with van der Waals surface area (Å²) in [6.45, 7) is 2.30. The van der Waals surface area contributed by atoms with E-state index in [1.165, 1.54) is 0 Å². The highest BCUT2D eigenvalue weighted by atomic mass is 19.4. The maximum absolute atomic E-state index is 11.8. The standard InChI is InChI=1S/C10H17F3O2/c1-3-5-8(6-4-2)9(14)15-7-10(11,12)13/h8H,3-7H2,1-2H3. The normalized spacial score (nSPS) is 11.9. The second-order valence-electron chi connectivity index (χ2n) is 3.50. The molecule has 90 valence electrons. The van der Waals surface area contributed by atoms with E-state index in [1.807, 2.05) is 13.8 Å². The Morgan fingerprint density at radius 1 is 1.20 bits per heavy atom. The van der Waals surface area contributed by atoms with Gasteiger partial charge in [-0.2, -0.15) is 13.2 Å². The van der Waals surface area contributed by atoms with E-state index in [4.69, 9.17) is 0 Å². The topological polar surface area (TPSA) is 26.3 Å². The molecule has 15 heavy (non-hydrogen) atoms. The van der Waals surface area contributed by atoms with Crippen LogP contribution in [0.4, 0.5) is 13.2 Å². The number of hydrogen-bond donors (Lipinski definition) is 0. The van der Waals surface area contributed by atoms with Crippen LogP contribution in [0, 0.1) is 5.92 Å². The highest BCUT2D eigenvalue weighted by molar-refractivity contribution is 5.72. The van der Waals surface area contributed by atoms with Crippen LogP contribution in [0.3, 0.4) is 0 Å². The molecule has 0 saturated carbocycles. The molecule has 0 saturated heterocycles. The summed E-state index contributed by atoms with van der Waals surface area (Å²) >= 11 is 0. The minimum atomic E-state index is -4.43. The van der Waals surface area contributed by atoms with E-state index >= 15 is 0 Å². The van der Waals surface area contributed by atoms with Crippen molar-refractivity contribution >= 4 is 5.97 Å². The number of esters is 1. The molecule has 0 N–H and O–H groups in total. The first-order valence-electron chi connectivity index (χ1n) is 5.14. The highest BCUT2D eigenvalue weighted by Gasteiger charge is 2.31. The number of carbonyl (C=O) groups excluding carboxylic acids is 1. The van der Waals surface area contributed by atoms with Crippen molar-refractivity contribution in [2.75, 3.05) is 6.61 Å². The average molecular weight is 226 g/mol. The molecule has 2 nitrogen and oxygen atoms in total. The molecular formula is C10H17F3O2. The molecule has 0 rings (SSSR count). The van der Waals surface area contributed by atoms with Crippen molar-refractivity contribution in [3.63, 3.8) is 0 Å².